The Balaban J connectivity index is 2.94. The number of nitrogens with zero attached hydrogens (tertiary/aromatic N) is 1. The van der Waals surface area contributed by atoms with E-state index in [1.807, 2.05) is 13.8 Å². The number of sulfonamides is 1. The van der Waals surface area contributed by atoms with Crippen LogP contribution in [0.15, 0.2) is 23.4 Å². The molecule has 1 rings (SSSR count). The fourth-order valence-corrected chi connectivity index (χ4v) is 2.99. The molecule has 0 spiro atoms. The summed E-state index contributed by atoms with van der Waals surface area (Å²) in [7, 11) is -3.71. The van der Waals surface area contributed by atoms with E-state index < -0.39 is 16.1 Å². The molecule has 102 valence electrons. The summed E-state index contributed by atoms with van der Waals surface area (Å²) in [5.74, 6) is 0.0388. The summed E-state index contributed by atoms with van der Waals surface area (Å²) in [5, 5.41) is 9.48. The standard InChI is InChI=1S/C11H17ClN2O3S/c1-3-8(2)11(7-15)14-18(16,17)10-4-9(12)5-13-6-10/h4-6,8,11,14-15H,3,7H2,1-2H3/t8-,11-/m0/s1. The number of halogens is 1. The van der Waals surface area contributed by atoms with Gasteiger partial charge >= 0.3 is 0 Å². The maximum atomic E-state index is 12.1. The van der Waals surface area contributed by atoms with Crippen molar-refractivity contribution in [3.63, 3.8) is 0 Å². The molecule has 0 radical (unpaired) electrons. The Bertz CT molecular complexity index is 493. The van der Waals surface area contributed by atoms with Crippen molar-refractivity contribution in [2.45, 2.75) is 31.2 Å². The fraction of sp³-hybridized carbons (Fsp3) is 0.545. The van der Waals surface area contributed by atoms with Crippen LogP contribution in [0.1, 0.15) is 20.3 Å². The molecule has 0 unspecified atom stereocenters. The summed E-state index contributed by atoms with van der Waals surface area (Å²) in [5.41, 5.74) is 0. The summed E-state index contributed by atoms with van der Waals surface area (Å²) in [4.78, 5) is 3.73. The van der Waals surface area contributed by atoms with E-state index in [1.54, 1.807) is 0 Å². The number of aromatic nitrogens is 1. The fourth-order valence-electron chi connectivity index (χ4n) is 1.42. The van der Waals surface area contributed by atoms with Gasteiger partial charge in [-0.05, 0) is 12.0 Å². The maximum Gasteiger partial charge on any atom is 0.242 e. The van der Waals surface area contributed by atoms with Gasteiger partial charge in [0.1, 0.15) is 4.90 Å². The Morgan fingerprint density at radius 1 is 1.50 bits per heavy atom. The molecule has 1 heterocycles. The van der Waals surface area contributed by atoms with Crippen molar-refractivity contribution in [3.8, 4) is 0 Å². The van der Waals surface area contributed by atoms with Crippen LogP contribution in [0.4, 0.5) is 0 Å². The second-order valence-corrected chi connectivity index (χ2v) is 6.29. The molecule has 0 aromatic carbocycles. The first kappa shape index (κ1) is 15.4. The van der Waals surface area contributed by atoms with Crippen LogP contribution in [0, 0.1) is 5.92 Å². The average Bonchev–Trinajstić information content (AvgIpc) is 2.35. The molecule has 0 saturated carbocycles. The van der Waals surface area contributed by atoms with Crippen LogP contribution >= 0.6 is 11.6 Å². The van der Waals surface area contributed by atoms with Crippen LogP contribution in [0.3, 0.4) is 0 Å². The van der Waals surface area contributed by atoms with Crippen molar-refractivity contribution in [2.24, 2.45) is 5.92 Å². The van der Waals surface area contributed by atoms with Gasteiger partial charge in [0.15, 0.2) is 0 Å². The van der Waals surface area contributed by atoms with E-state index >= 15 is 0 Å². The van der Waals surface area contributed by atoms with Crippen molar-refractivity contribution < 1.29 is 13.5 Å². The summed E-state index contributed by atoms with van der Waals surface area (Å²) < 4.78 is 26.6. The minimum atomic E-state index is -3.71. The van der Waals surface area contributed by atoms with Gasteiger partial charge in [-0.25, -0.2) is 13.1 Å². The molecular weight excluding hydrogens is 276 g/mol. The molecule has 5 nitrogen and oxygen atoms in total. The summed E-state index contributed by atoms with van der Waals surface area (Å²) >= 11 is 5.71. The highest BCUT2D eigenvalue weighted by atomic mass is 35.5. The highest BCUT2D eigenvalue weighted by Crippen LogP contribution is 2.16. The number of pyridine rings is 1. The Kier molecular flexibility index (Phi) is 5.52. The van der Waals surface area contributed by atoms with Gasteiger partial charge in [0.05, 0.1) is 11.6 Å². The van der Waals surface area contributed by atoms with E-state index in [0.29, 0.717) is 0 Å². The predicted octanol–water partition coefficient (Wildman–Crippen LogP) is 1.42. The second-order valence-electron chi connectivity index (χ2n) is 4.13. The normalized spacial score (nSPS) is 15.3. The second kappa shape index (κ2) is 6.47. The van der Waals surface area contributed by atoms with Crippen LogP contribution in [0.5, 0.6) is 0 Å². The minimum Gasteiger partial charge on any atom is -0.395 e. The SMILES string of the molecule is CC[C@H](C)[C@H](CO)NS(=O)(=O)c1cncc(Cl)c1. The first-order valence-electron chi connectivity index (χ1n) is 5.64. The lowest BCUT2D eigenvalue weighted by Crippen LogP contribution is -2.41. The zero-order chi connectivity index (χ0) is 13.8. The van der Waals surface area contributed by atoms with Gasteiger partial charge in [-0.15, -0.1) is 0 Å². The van der Waals surface area contributed by atoms with Gasteiger partial charge in [-0.3, -0.25) is 4.98 Å². The highest BCUT2D eigenvalue weighted by molar-refractivity contribution is 7.89. The molecule has 0 aliphatic heterocycles. The van der Waals surface area contributed by atoms with E-state index in [-0.39, 0.29) is 22.4 Å². The third-order valence-corrected chi connectivity index (χ3v) is 4.49. The third-order valence-electron chi connectivity index (χ3n) is 2.82. The molecule has 1 aromatic heterocycles. The molecule has 0 amide bonds. The first-order valence-corrected chi connectivity index (χ1v) is 7.50. The molecule has 0 fully saturated rings. The van der Waals surface area contributed by atoms with Crippen molar-refractivity contribution in [1.82, 2.24) is 9.71 Å². The van der Waals surface area contributed by atoms with Gasteiger partial charge in [0.25, 0.3) is 0 Å². The Morgan fingerprint density at radius 2 is 2.17 bits per heavy atom. The first-order chi connectivity index (χ1) is 8.40. The average molecular weight is 293 g/mol. The smallest absolute Gasteiger partial charge is 0.242 e. The van der Waals surface area contributed by atoms with Crippen LogP contribution in [-0.4, -0.2) is 31.2 Å². The Morgan fingerprint density at radius 3 is 2.67 bits per heavy atom. The maximum absolute atomic E-state index is 12.1. The van der Waals surface area contributed by atoms with E-state index in [2.05, 4.69) is 9.71 Å². The number of aliphatic hydroxyl groups excluding tert-OH is 1. The highest BCUT2D eigenvalue weighted by Gasteiger charge is 2.23. The minimum absolute atomic E-state index is 0.00301. The van der Waals surface area contributed by atoms with Gasteiger partial charge in [0, 0.05) is 18.4 Å². The Hall–Kier alpha value is -0.690. The van der Waals surface area contributed by atoms with Crippen LogP contribution in [-0.2, 0) is 10.0 Å². The van der Waals surface area contributed by atoms with E-state index in [0.717, 1.165) is 6.42 Å². The van der Waals surface area contributed by atoms with E-state index in [1.165, 1.54) is 18.5 Å². The number of hydrogen-bond donors (Lipinski definition) is 2. The number of nitrogens with one attached hydrogen (secondary N) is 1. The zero-order valence-corrected chi connectivity index (χ0v) is 11.9. The van der Waals surface area contributed by atoms with Crippen molar-refractivity contribution in [3.05, 3.63) is 23.5 Å². The topological polar surface area (TPSA) is 79.3 Å². The van der Waals surface area contributed by atoms with Gasteiger partial charge in [-0.2, -0.15) is 0 Å². The molecule has 2 N–H and O–H groups in total. The zero-order valence-electron chi connectivity index (χ0n) is 10.3. The van der Waals surface area contributed by atoms with Crippen LogP contribution < -0.4 is 4.72 Å². The molecular formula is C11H17ClN2O3S. The summed E-state index contributed by atoms with van der Waals surface area (Å²) in [6.45, 7) is 3.56. The molecule has 0 aliphatic carbocycles. The number of rotatable bonds is 6. The Labute approximate surface area is 112 Å². The van der Waals surface area contributed by atoms with Crippen LogP contribution in [0.2, 0.25) is 5.02 Å². The number of aliphatic hydroxyl groups is 1. The lowest BCUT2D eigenvalue weighted by molar-refractivity contribution is 0.219. The van der Waals surface area contributed by atoms with Crippen molar-refractivity contribution >= 4 is 21.6 Å². The summed E-state index contributed by atoms with van der Waals surface area (Å²) in [6.07, 6.45) is 3.35. The van der Waals surface area contributed by atoms with Crippen molar-refractivity contribution in [2.75, 3.05) is 6.61 Å². The van der Waals surface area contributed by atoms with Gasteiger partial charge in [0.2, 0.25) is 10.0 Å². The molecule has 0 bridgehead atoms. The van der Waals surface area contributed by atoms with Crippen LogP contribution in [0.25, 0.3) is 0 Å². The lowest BCUT2D eigenvalue weighted by atomic mass is 10.0. The lowest BCUT2D eigenvalue weighted by Gasteiger charge is -2.21. The molecule has 2 atom stereocenters. The molecule has 0 saturated heterocycles. The largest absolute Gasteiger partial charge is 0.395 e. The quantitative estimate of drug-likeness (QED) is 0.831. The monoisotopic (exact) mass is 292 g/mol. The van der Waals surface area contributed by atoms with Crippen molar-refractivity contribution in [1.29, 1.82) is 0 Å². The molecule has 7 heteroatoms. The van der Waals surface area contributed by atoms with E-state index in [4.69, 9.17) is 11.6 Å². The molecule has 1 aromatic rings. The predicted molar refractivity (Wildman–Crippen MR) is 69.9 cm³/mol. The molecule has 18 heavy (non-hydrogen) atoms. The van der Waals surface area contributed by atoms with Gasteiger partial charge < -0.3 is 5.11 Å². The summed E-state index contributed by atoms with van der Waals surface area (Å²) in [6, 6.07) is 0.807. The third kappa shape index (κ3) is 3.91. The molecule has 0 aliphatic rings. The van der Waals surface area contributed by atoms with E-state index in [9.17, 15) is 13.5 Å². The number of hydrogen-bond acceptors (Lipinski definition) is 4. The van der Waals surface area contributed by atoms with Gasteiger partial charge in [-0.1, -0.05) is 31.9 Å².